The molecule has 9 heteroatoms. The van der Waals surface area contributed by atoms with Gasteiger partial charge in [0.2, 0.25) is 0 Å². The summed E-state index contributed by atoms with van der Waals surface area (Å²) in [6.07, 6.45) is 49.1. The molecular formula is C46H82NO7P. The van der Waals surface area contributed by atoms with Crippen LogP contribution in [0.25, 0.3) is 0 Å². The largest absolute Gasteiger partial charge is 0.756 e. The van der Waals surface area contributed by atoms with Gasteiger partial charge in [-0.15, -0.1) is 0 Å². The van der Waals surface area contributed by atoms with E-state index in [9.17, 15) is 14.3 Å². The van der Waals surface area contributed by atoms with Crippen molar-refractivity contribution in [2.45, 2.75) is 161 Å². The van der Waals surface area contributed by atoms with E-state index in [4.69, 9.17) is 18.5 Å². The van der Waals surface area contributed by atoms with Gasteiger partial charge in [-0.2, -0.15) is 0 Å². The van der Waals surface area contributed by atoms with E-state index < -0.39 is 13.9 Å². The second-order valence-electron chi connectivity index (χ2n) is 15.3. The van der Waals surface area contributed by atoms with Crippen LogP contribution in [0.3, 0.4) is 0 Å². The fraction of sp³-hybridized carbons (Fsp3) is 0.717. The smallest absolute Gasteiger partial charge is 0.306 e. The lowest BCUT2D eigenvalue weighted by Gasteiger charge is -2.28. The van der Waals surface area contributed by atoms with Crippen molar-refractivity contribution in [3.63, 3.8) is 0 Å². The first-order valence-corrected chi connectivity index (χ1v) is 23.1. The van der Waals surface area contributed by atoms with Gasteiger partial charge in [-0.1, -0.05) is 145 Å². The number of allylic oxidation sites excluding steroid dienone is 12. The highest BCUT2D eigenvalue weighted by atomic mass is 31.2. The first-order valence-electron chi connectivity index (χ1n) is 21.7. The monoisotopic (exact) mass is 792 g/mol. The van der Waals surface area contributed by atoms with Crippen molar-refractivity contribution in [2.24, 2.45) is 0 Å². The SMILES string of the molecule is CC/C=C\C/C=C\C/C=C\C/C=C\C/C=C\CCCCCCCC(=O)OC(COCCCCCCCC/C=C\CCCC)COP(=O)([O-])OCC[N+](C)(C)C. The maximum Gasteiger partial charge on any atom is 0.306 e. The van der Waals surface area contributed by atoms with Gasteiger partial charge in [0.25, 0.3) is 7.82 Å². The first-order chi connectivity index (χ1) is 26.6. The summed E-state index contributed by atoms with van der Waals surface area (Å²) in [7, 11) is 1.33. The van der Waals surface area contributed by atoms with Crippen LogP contribution in [0.2, 0.25) is 0 Å². The van der Waals surface area contributed by atoms with Crippen molar-refractivity contribution in [2.75, 3.05) is 54.1 Å². The summed E-state index contributed by atoms with van der Waals surface area (Å²) in [5, 5.41) is 0. The number of hydrogen-bond donors (Lipinski definition) is 0. The number of quaternary nitrogens is 1. The van der Waals surface area contributed by atoms with Gasteiger partial charge in [0.15, 0.2) is 0 Å². The van der Waals surface area contributed by atoms with Gasteiger partial charge in [-0.05, 0) is 77.0 Å². The minimum absolute atomic E-state index is 0.0171. The lowest BCUT2D eigenvalue weighted by Crippen LogP contribution is -2.37. The molecule has 0 fully saturated rings. The molecule has 0 N–H and O–H groups in total. The van der Waals surface area contributed by atoms with Gasteiger partial charge >= 0.3 is 5.97 Å². The van der Waals surface area contributed by atoms with E-state index in [1.807, 2.05) is 21.1 Å². The number of rotatable bonds is 39. The highest BCUT2D eigenvalue weighted by Crippen LogP contribution is 2.38. The van der Waals surface area contributed by atoms with Crippen LogP contribution < -0.4 is 4.89 Å². The van der Waals surface area contributed by atoms with Crippen LogP contribution in [0.15, 0.2) is 72.9 Å². The molecule has 0 aromatic heterocycles. The fourth-order valence-electron chi connectivity index (χ4n) is 5.38. The molecule has 0 aliphatic carbocycles. The number of nitrogens with zero attached hydrogens (tertiary/aromatic N) is 1. The zero-order valence-corrected chi connectivity index (χ0v) is 36.7. The lowest BCUT2D eigenvalue weighted by molar-refractivity contribution is -0.870. The normalized spacial score (nSPS) is 14.5. The zero-order chi connectivity index (χ0) is 40.6. The molecular weight excluding hydrogens is 709 g/mol. The molecule has 0 aromatic rings. The van der Waals surface area contributed by atoms with E-state index in [1.165, 1.54) is 44.9 Å². The van der Waals surface area contributed by atoms with Gasteiger partial charge < -0.3 is 27.9 Å². The predicted octanol–water partition coefficient (Wildman–Crippen LogP) is 12.1. The van der Waals surface area contributed by atoms with E-state index in [1.54, 1.807) is 0 Å². The van der Waals surface area contributed by atoms with Crippen LogP contribution in [-0.2, 0) is 27.9 Å². The second-order valence-corrected chi connectivity index (χ2v) is 16.7. The average Bonchev–Trinajstić information content (AvgIpc) is 3.13. The molecule has 0 saturated heterocycles. The van der Waals surface area contributed by atoms with Crippen LogP contribution in [0.4, 0.5) is 0 Å². The third kappa shape index (κ3) is 42.9. The molecule has 0 aromatic carbocycles. The van der Waals surface area contributed by atoms with Crippen molar-refractivity contribution in [3.8, 4) is 0 Å². The molecule has 0 aliphatic heterocycles. The maximum absolute atomic E-state index is 12.7. The summed E-state index contributed by atoms with van der Waals surface area (Å²) in [5.41, 5.74) is 0. The number of carbonyl (C=O) groups excluding carboxylic acids is 1. The Labute approximate surface area is 338 Å². The minimum Gasteiger partial charge on any atom is -0.756 e. The van der Waals surface area contributed by atoms with Gasteiger partial charge in [-0.3, -0.25) is 9.36 Å². The summed E-state index contributed by atoms with van der Waals surface area (Å²) in [6.45, 7) is 5.20. The number of unbranched alkanes of at least 4 members (excludes halogenated alkanes) is 13. The minimum atomic E-state index is -4.53. The van der Waals surface area contributed by atoms with Crippen molar-refractivity contribution in [1.29, 1.82) is 0 Å². The van der Waals surface area contributed by atoms with E-state index in [0.717, 1.165) is 89.9 Å². The second kappa shape index (κ2) is 38.8. The van der Waals surface area contributed by atoms with Gasteiger partial charge in [0, 0.05) is 13.0 Å². The summed E-state index contributed by atoms with van der Waals surface area (Å²) in [4.78, 5) is 25.0. The van der Waals surface area contributed by atoms with Crippen LogP contribution in [0.5, 0.6) is 0 Å². The summed E-state index contributed by atoms with van der Waals surface area (Å²) >= 11 is 0. The number of likely N-dealkylation sites (N-methyl/N-ethyl adjacent to an activating group) is 1. The molecule has 0 amide bonds. The van der Waals surface area contributed by atoms with E-state index in [0.29, 0.717) is 17.6 Å². The highest BCUT2D eigenvalue weighted by molar-refractivity contribution is 7.45. The number of esters is 1. The Balaban J connectivity index is 4.28. The molecule has 0 bridgehead atoms. The van der Waals surface area contributed by atoms with E-state index in [-0.39, 0.29) is 32.2 Å². The molecule has 0 spiro atoms. The van der Waals surface area contributed by atoms with Crippen molar-refractivity contribution < 1.29 is 37.3 Å². The highest BCUT2D eigenvalue weighted by Gasteiger charge is 2.20. The molecule has 55 heavy (non-hydrogen) atoms. The summed E-state index contributed by atoms with van der Waals surface area (Å²) in [5.74, 6) is -0.358. The Morgan fingerprint density at radius 1 is 0.582 bits per heavy atom. The molecule has 0 aliphatic rings. The first kappa shape index (κ1) is 52.9. The fourth-order valence-corrected chi connectivity index (χ4v) is 6.10. The number of phosphoric acid groups is 1. The van der Waals surface area contributed by atoms with E-state index >= 15 is 0 Å². The van der Waals surface area contributed by atoms with Gasteiger partial charge in [-0.25, -0.2) is 0 Å². The Hall–Kier alpha value is -2.06. The number of ether oxygens (including phenoxy) is 2. The average molecular weight is 792 g/mol. The van der Waals surface area contributed by atoms with Crippen LogP contribution in [0, 0.1) is 0 Å². The predicted molar refractivity (Wildman–Crippen MR) is 231 cm³/mol. The van der Waals surface area contributed by atoms with Crippen molar-refractivity contribution >= 4 is 13.8 Å². The Morgan fingerprint density at radius 2 is 1.05 bits per heavy atom. The molecule has 0 heterocycles. The summed E-state index contributed by atoms with van der Waals surface area (Å²) in [6, 6.07) is 0. The van der Waals surface area contributed by atoms with Gasteiger partial charge in [0.05, 0.1) is 34.4 Å². The number of hydrogen-bond acceptors (Lipinski definition) is 7. The van der Waals surface area contributed by atoms with Gasteiger partial charge in [0.1, 0.15) is 19.3 Å². The maximum atomic E-state index is 12.7. The Morgan fingerprint density at radius 3 is 1.60 bits per heavy atom. The van der Waals surface area contributed by atoms with E-state index in [2.05, 4.69) is 86.8 Å². The third-order valence-electron chi connectivity index (χ3n) is 8.74. The Kier molecular flexibility index (Phi) is 37.3. The topological polar surface area (TPSA) is 94.1 Å². The van der Waals surface area contributed by atoms with Crippen LogP contribution in [-0.4, -0.2) is 70.7 Å². The number of phosphoric ester groups is 1. The standard InChI is InChI=1S/C46H82NO7P/c1-6-8-10-12-14-16-18-20-21-22-23-24-25-26-27-28-29-31-33-35-37-39-46(48)54-45(44-53-55(49,50)52-42-40-47(3,4)5)43-51-41-38-36-34-32-30-19-17-15-13-11-9-7-2/h8,10,13-16,20-21,23-24,26-27,45H,6-7,9,11-12,17-19,22,25,28-44H2,1-5H3/b10-8-,15-13-,16-14-,21-20-,24-23-,27-26-. The third-order valence-corrected chi connectivity index (χ3v) is 9.71. The molecule has 0 rings (SSSR count). The van der Waals surface area contributed by atoms with Crippen LogP contribution >= 0.6 is 7.82 Å². The van der Waals surface area contributed by atoms with Crippen molar-refractivity contribution in [3.05, 3.63) is 72.9 Å². The Bertz CT molecular complexity index is 1110. The molecule has 318 valence electrons. The number of carbonyl (C=O) groups is 1. The zero-order valence-electron chi connectivity index (χ0n) is 35.8. The summed E-state index contributed by atoms with van der Waals surface area (Å²) < 4.78 is 34.5. The molecule has 0 saturated carbocycles. The molecule has 2 atom stereocenters. The molecule has 8 nitrogen and oxygen atoms in total. The lowest BCUT2D eigenvalue weighted by atomic mass is 10.1. The molecule has 0 radical (unpaired) electrons. The van der Waals surface area contributed by atoms with Crippen molar-refractivity contribution in [1.82, 2.24) is 0 Å². The van der Waals surface area contributed by atoms with Crippen LogP contribution in [0.1, 0.15) is 155 Å². The quantitative estimate of drug-likeness (QED) is 0.0201. The molecule has 2 unspecified atom stereocenters.